The predicted molar refractivity (Wildman–Crippen MR) is 84.4 cm³/mol. The molecule has 0 aliphatic carbocycles. The Morgan fingerprint density at radius 2 is 2.10 bits per heavy atom. The van der Waals surface area contributed by atoms with Crippen LogP contribution < -0.4 is 4.90 Å². The molecular formula is C17H19NOS. The molecule has 1 aliphatic rings. The minimum Gasteiger partial charge on any atom is -0.312 e. The first kappa shape index (κ1) is 13.4. The van der Waals surface area contributed by atoms with Crippen molar-refractivity contribution < 1.29 is 4.79 Å². The molecule has 2 aromatic rings. The van der Waals surface area contributed by atoms with Crippen LogP contribution in [0.4, 0.5) is 5.69 Å². The standard InChI is InChI=1S/C17H19NOS/c19-17(11-3-8-15-9-5-13-20-15)18-12-4-7-14-6-1-2-10-16(14)18/h1-2,5-6,9-10,13H,3-4,7-8,11-12H2. The number of rotatable bonds is 4. The fourth-order valence-electron chi connectivity index (χ4n) is 2.80. The molecule has 0 N–H and O–H groups in total. The third-order valence-electron chi connectivity index (χ3n) is 3.81. The zero-order valence-corrected chi connectivity index (χ0v) is 12.4. The zero-order chi connectivity index (χ0) is 13.8. The number of amides is 1. The van der Waals surface area contributed by atoms with E-state index in [1.165, 1.54) is 10.4 Å². The summed E-state index contributed by atoms with van der Waals surface area (Å²) in [6.45, 7) is 0.870. The van der Waals surface area contributed by atoms with Crippen LogP contribution in [0.25, 0.3) is 0 Å². The highest BCUT2D eigenvalue weighted by Gasteiger charge is 2.21. The summed E-state index contributed by atoms with van der Waals surface area (Å²) in [5.41, 5.74) is 2.44. The number of carbonyl (C=O) groups is 1. The van der Waals surface area contributed by atoms with Crippen molar-refractivity contribution in [3.05, 3.63) is 52.2 Å². The fraction of sp³-hybridized carbons (Fsp3) is 0.353. The molecule has 1 aromatic carbocycles. The second kappa shape index (κ2) is 6.23. The van der Waals surface area contributed by atoms with Gasteiger partial charge in [0, 0.05) is 23.5 Å². The van der Waals surface area contributed by atoms with Crippen molar-refractivity contribution in [2.75, 3.05) is 11.4 Å². The molecule has 0 radical (unpaired) electrons. The quantitative estimate of drug-likeness (QED) is 0.830. The molecule has 2 nitrogen and oxygen atoms in total. The number of para-hydroxylation sites is 1. The number of hydrogen-bond donors (Lipinski definition) is 0. The number of carbonyl (C=O) groups excluding carboxylic acids is 1. The Morgan fingerprint density at radius 3 is 2.95 bits per heavy atom. The molecule has 0 bridgehead atoms. The number of fused-ring (bicyclic) bond motifs is 1. The summed E-state index contributed by atoms with van der Waals surface area (Å²) in [4.78, 5) is 15.8. The highest BCUT2D eigenvalue weighted by molar-refractivity contribution is 7.09. The summed E-state index contributed by atoms with van der Waals surface area (Å²) >= 11 is 1.77. The van der Waals surface area contributed by atoms with Crippen LogP contribution in [0.2, 0.25) is 0 Å². The molecule has 1 amide bonds. The molecule has 1 aliphatic heterocycles. The lowest BCUT2D eigenvalue weighted by molar-refractivity contribution is -0.118. The maximum atomic E-state index is 12.4. The Labute approximate surface area is 124 Å². The Kier molecular flexibility index (Phi) is 4.16. The maximum Gasteiger partial charge on any atom is 0.226 e. The van der Waals surface area contributed by atoms with Crippen molar-refractivity contribution in [3.8, 4) is 0 Å². The number of anilines is 1. The SMILES string of the molecule is O=C(CCCc1cccs1)N1CCCc2ccccc21. The van der Waals surface area contributed by atoms with Gasteiger partial charge < -0.3 is 4.90 Å². The average molecular weight is 285 g/mol. The predicted octanol–water partition coefficient (Wildman–Crippen LogP) is 4.05. The molecule has 3 rings (SSSR count). The fourth-order valence-corrected chi connectivity index (χ4v) is 3.55. The minimum absolute atomic E-state index is 0.272. The number of benzene rings is 1. The number of thiophene rings is 1. The van der Waals surface area contributed by atoms with Gasteiger partial charge in [-0.1, -0.05) is 24.3 Å². The van der Waals surface area contributed by atoms with Gasteiger partial charge in [0.15, 0.2) is 0 Å². The molecule has 0 spiro atoms. The molecular weight excluding hydrogens is 266 g/mol. The molecule has 0 atom stereocenters. The van der Waals surface area contributed by atoms with Crippen LogP contribution in [0.1, 0.15) is 29.7 Å². The third kappa shape index (κ3) is 2.93. The highest BCUT2D eigenvalue weighted by atomic mass is 32.1. The van der Waals surface area contributed by atoms with Crippen LogP contribution in [0.3, 0.4) is 0 Å². The number of nitrogens with zero attached hydrogens (tertiary/aromatic N) is 1. The van der Waals surface area contributed by atoms with Gasteiger partial charge in [0.25, 0.3) is 0 Å². The average Bonchev–Trinajstić information content (AvgIpc) is 3.00. The van der Waals surface area contributed by atoms with Crippen LogP contribution in [-0.4, -0.2) is 12.5 Å². The Balaban J connectivity index is 1.60. The van der Waals surface area contributed by atoms with Gasteiger partial charge in [-0.25, -0.2) is 0 Å². The zero-order valence-electron chi connectivity index (χ0n) is 11.5. The lowest BCUT2D eigenvalue weighted by Crippen LogP contribution is -2.35. The van der Waals surface area contributed by atoms with Gasteiger partial charge >= 0.3 is 0 Å². The Hall–Kier alpha value is -1.61. The van der Waals surface area contributed by atoms with Crippen molar-refractivity contribution in [2.45, 2.75) is 32.1 Å². The van der Waals surface area contributed by atoms with Crippen molar-refractivity contribution >= 4 is 22.9 Å². The van der Waals surface area contributed by atoms with Crippen molar-refractivity contribution in [2.24, 2.45) is 0 Å². The largest absolute Gasteiger partial charge is 0.312 e. The molecule has 2 heterocycles. The molecule has 0 saturated carbocycles. The van der Waals surface area contributed by atoms with Gasteiger partial charge in [0.2, 0.25) is 5.91 Å². The van der Waals surface area contributed by atoms with E-state index in [2.05, 4.69) is 35.7 Å². The smallest absolute Gasteiger partial charge is 0.226 e. The van der Waals surface area contributed by atoms with Gasteiger partial charge in [0.05, 0.1) is 0 Å². The van der Waals surface area contributed by atoms with Crippen LogP contribution in [-0.2, 0) is 17.6 Å². The summed E-state index contributed by atoms with van der Waals surface area (Å²) in [6, 6.07) is 12.5. The van der Waals surface area contributed by atoms with Crippen LogP contribution in [0.5, 0.6) is 0 Å². The molecule has 0 fully saturated rings. The van der Waals surface area contributed by atoms with E-state index in [4.69, 9.17) is 0 Å². The van der Waals surface area contributed by atoms with E-state index in [9.17, 15) is 4.79 Å². The molecule has 20 heavy (non-hydrogen) atoms. The maximum absolute atomic E-state index is 12.4. The van der Waals surface area contributed by atoms with E-state index in [0.29, 0.717) is 6.42 Å². The lowest BCUT2D eigenvalue weighted by Gasteiger charge is -2.29. The molecule has 0 unspecified atom stereocenters. The van der Waals surface area contributed by atoms with E-state index in [0.717, 1.165) is 37.9 Å². The summed E-state index contributed by atoms with van der Waals surface area (Å²) < 4.78 is 0. The van der Waals surface area contributed by atoms with Crippen LogP contribution >= 0.6 is 11.3 Å². The summed E-state index contributed by atoms with van der Waals surface area (Å²) in [5.74, 6) is 0.272. The van der Waals surface area contributed by atoms with Gasteiger partial charge in [-0.05, 0) is 48.8 Å². The molecule has 1 aromatic heterocycles. The van der Waals surface area contributed by atoms with Gasteiger partial charge in [0.1, 0.15) is 0 Å². The minimum atomic E-state index is 0.272. The third-order valence-corrected chi connectivity index (χ3v) is 4.74. The summed E-state index contributed by atoms with van der Waals surface area (Å²) in [6.07, 6.45) is 4.77. The summed E-state index contributed by atoms with van der Waals surface area (Å²) in [5, 5.41) is 2.10. The van der Waals surface area contributed by atoms with Gasteiger partial charge in [-0.3, -0.25) is 4.79 Å². The first-order valence-electron chi connectivity index (χ1n) is 7.25. The van der Waals surface area contributed by atoms with E-state index < -0.39 is 0 Å². The number of hydrogen-bond acceptors (Lipinski definition) is 2. The van der Waals surface area contributed by atoms with Crippen LogP contribution in [0.15, 0.2) is 41.8 Å². The first-order valence-corrected chi connectivity index (χ1v) is 8.13. The molecule has 0 saturated heterocycles. The monoisotopic (exact) mass is 285 g/mol. The second-order valence-electron chi connectivity index (χ2n) is 5.21. The normalized spacial score (nSPS) is 14.1. The van der Waals surface area contributed by atoms with Crippen molar-refractivity contribution in [1.82, 2.24) is 0 Å². The van der Waals surface area contributed by atoms with Gasteiger partial charge in [-0.2, -0.15) is 0 Å². The Morgan fingerprint density at radius 1 is 1.20 bits per heavy atom. The van der Waals surface area contributed by atoms with E-state index in [1.54, 1.807) is 11.3 Å². The Bertz CT molecular complexity index is 576. The van der Waals surface area contributed by atoms with E-state index >= 15 is 0 Å². The second-order valence-corrected chi connectivity index (χ2v) is 6.24. The van der Waals surface area contributed by atoms with Crippen molar-refractivity contribution in [3.63, 3.8) is 0 Å². The summed E-state index contributed by atoms with van der Waals surface area (Å²) in [7, 11) is 0. The van der Waals surface area contributed by atoms with E-state index in [-0.39, 0.29) is 5.91 Å². The van der Waals surface area contributed by atoms with Gasteiger partial charge in [-0.15, -0.1) is 11.3 Å². The number of aryl methyl sites for hydroxylation is 2. The van der Waals surface area contributed by atoms with Crippen LogP contribution in [0, 0.1) is 0 Å². The topological polar surface area (TPSA) is 20.3 Å². The molecule has 3 heteroatoms. The lowest BCUT2D eigenvalue weighted by atomic mass is 10.0. The highest BCUT2D eigenvalue weighted by Crippen LogP contribution is 2.27. The van der Waals surface area contributed by atoms with Crippen molar-refractivity contribution in [1.29, 1.82) is 0 Å². The first-order chi connectivity index (χ1) is 9.84. The van der Waals surface area contributed by atoms with E-state index in [1.807, 2.05) is 11.0 Å². The molecule has 104 valence electrons.